The first-order chi connectivity index (χ1) is 10.1. The quantitative estimate of drug-likeness (QED) is 0.517. The number of nitro groups is 1. The van der Waals surface area contributed by atoms with E-state index in [-0.39, 0.29) is 16.4 Å². The summed E-state index contributed by atoms with van der Waals surface area (Å²) in [6.07, 6.45) is 4.96. The summed E-state index contributed by atoms with van der Waals surface area (Å²) < 4.78 is 0. The molecular formula is C13H11ClN4O3. The van der Waals surface area contributed by atoms with Crippen LogP contribution < -0.4 is 5.32 Å². The molecule has 0 atom stereocenters. The van der Waals surface area contributed by atoms with Gasteiger partial charge < -0.3 is 5.32 Å². The number of nitrogens with zero attached hydrogens (tertiary/aromatic N) is 3. The molecule has 0 aliphatic rings. The molecule has 2 rings (SSSR count). The molecule has 2 aromatic heterocycles. The van der Waals surface area contributed by atoms with E-state index in [1.165, 1.54) is 0 Å². The second kappa shape index (κ2) is 6.76. The molecule has 0 bridgehead atoms. The molecule has 0 unspecified atom stereocenters. The fourth-order valence-electron chi connectivity index (χ4n) is 1.66. The second-order valence-corrected chi connectivity index (χ2v) is 4.51. The van der Waals surface area contributed by atoms with E-state index < -0.39 is 10.8 Å². The van der Waals surface area contributed by atoms with Gasteiger partial charge in [-0.25, -0.2) is 4.98 Å². The lowest BCUT2D eigenvalue weighted by molar-refractivity contribution is -0.385. The van der Waals surface area contributed by atoms with Crippen molar-refractivity contribution in [2.45, 2.75) is 6.42 Å². The molecule has 0 radical (unpaired) electrons. The number of hydrogen-bond acceptors (Lipinski definition) is 5. The normalized spacial score (nSPS) is 10.1. The summed E-state index contributed by atoms with van der Waals surface area (Å²) in [5.74, 6) is -0.495. The van der Waals surface area contributed by atoms with Crippen LogP contribution in [0.2, 0.25) is 5.15 Å². The van der Waals surface area contributed by atoms with Gasteiger partial charge in [-0.2, -0.15) is 0 Å². The van der Waals surface area contributed by atoms with Crippen LogP contribution in [0.4, 0.5) is 5.69 Å². The second-order valence-electron chi connectivity index (χ2n) is 4.15. The summed E-state index contributed by atoms with van der Waals surface area (Å²) in [6.45, 7) is 0.377. The van der Waals surface area contributed by atoms with Crippen LogP contribution in [0.25, 0.3) is 0 Å². The predicted octanol–water partition coefficient (Wildman–Crippen LogP) is 2.01. The number of nitrogens with one attached hydrogen (secondary N) is 1. The average Bonchev–Trinajstić information content (AvgIpc) is 2.48. The van der Waals surface area contributed by atoms with Gasteiger partial charge in [0.15, 0.2) is 0 Å². The van der Waals surface area contributed by atoms with E-state index in [9.17, 15) is 14.9 Å². The third-order valence-electron chi connectivity index (χ3n) is 2.73. The van der Waals surface area contributed by atoms with Crippen molar-refractivity contribution in [2.24, 2.45) is 0 Å². The Hall–Kier alpha value is -2.54. The first-order valence-corrected chi connectivity index (χ1v) is 6.43. The number of aromatic nitrogens is 2. The van der Waals surface area contributed by atoms with Gasteiger partial charge in [0.2, 0.25) is 0 Å². The van der Waals surface area contributed by atoms with Crippen LogP contribution in [-0.4, -0.2) is 27.3 Å². The zero-order valence-electron chi connectivity index (χ0n) is 10.8. The Morgan fingerprint density at radius 3 is 2.76 bits per heavy atom. The van der Waals surface area contributed by atoms with Crippen molar-refractivity contribution in [1.29, 1.82) is 0 Å². The molecule has 0 aliphatic carbocycles. The monoisotopic (exact) mass is 306 g/mol. The van der Waals surface area contributed by atoms with Crippen molar-refractivity contribution < 1.29 is 9.72 Å². The van der Waals surface area contributed by atoms with Gasteiger partial charge in [0.25, 0.3) is 11.6 Å². The molecule has 2 aromatic rings. The van der Waals surface area contributed by atoms with Gasteiger partial charge in [0.05, 0.1) is 10.5 Å². The molecule has 108 valence electrons. The molecule has 0 fully saturated rings. The van der Waals surface area contributed by atoms with Crippen LogP contribution in [-0.2, 0) is 6.42 Å². The number of carbonyl (C=O) groups is 1. The predicted molar refractivity (Wildman–Crippen MR) is 76.2 cm³/mol. The highest BCUT2D eigenvalue weighted by Crippen LogP contribution is 2.18. The molecule has 0 saturated heterocycles. The molecule has 0 saturated carbocycles. The maximum Gasteiger partial charge on any atom is 0.288 e. The van der Waals surface area contributed by atoms with Gasteiger partial charge in [0.1, 0.15) is 11.3 Å². The summed E-state index contributed by atoms with van der Waals surface area (Å²) in [4.78, 5) is 29.5. The molecule has 0 spiro atoms. The van der Waals surface area contributed by atoms with E-state index >= 15 is 0 Å². The van der Waals surface area contributed by atoms with Gasteiger partial charge in [-0.05, 0) is 24.1 Å². The Morgan fingerprint density at radius 2 is 2.10 bits per heavy atom. The van der Waals surface area contributed by atoms with Crippen LogP contribution in [0.15, 0.2) is 36.8 Å². The van der Waals surface area contributed by atoms with Gasteiger partial charge in [-0.15, -0.1) is 0 Å². The van der Waals surface area contributed by atoms with Crippen LogP contribution in [0.5, 0.6) is 0 Å². The number of rotatable bonds is 5. The molecule has 8 heteroatoms. The zero-order chi connectivity index (χ0) is 15.2. The summed E-state index contributed by atoms with van der Waals surface area (Å²) in [7, 11) is 0. The van der Waals surface area contributed by atoms with Crippen molar-refractivity contribution in [2.75, 3.05) is 6.54 Å². The van der Waals surface area contributed by atoms with E-state index in [0.717, 1.165) is 17.8 Å². The fraction of sp³-hybridized carbons (Fsp3) is 0.154. The molecular weight excluding hydrogens is 296 g/mol. The van der Waals surface area contributed by atoms with E-state index in [4.69, 9.17) is 11.6 Å². The average molecular weight is 307 g/mol. The lowest BCUT2D eigenvalue weighted by Crippen LogP contribution is -2.26. The molecule has 1 amide bonds. The minimum absolute atomic E-state index is 0.0133. The molecule has 0 aliphatic heterocycles. The van der Waals surface area contributed by atoms with Crippen molar-refractivity contribution in [3.05, 3.63) is 63.2 Å². The van der Waals surface area contributed by atoms with Crippen LogP contribution in [0.1, 0.15) is 15.9 Å². The van der Waals surface area contributed by atoms with Crippen molar-refractivity contribution in [1.82, 2.24) is 15.3 Å². The van der Waals surface area contributed by atoms with E-state index in [0.29, 0.717) is 13.0 Å². The number of pyridine rings is 2. The first kappa shape index (κ1) is 14.9. The van der Waals surface area contributed by atoms with E-state index in [2.05, 4.69) is 15.3 Å². The Balaban J connectivity index is 2.00. The summed E-state index contributed by atoms with van der Waals surface area (Å²) in [5, 5.41) is 13.3. The highest BCUT2D eigenvalue weighted by molar-refractivity contribution is 6.32. The molecule has 2 heterocycles. The number of carbonyl (C=O) groups excluding carboxylic acids is 1. The highest BCUT2D eigenvalue weighted by Gasteiger charge is 2.16. The summed E-state index contributed by atoms with van der Waals surface area (Å²) >= 11 is 5.79. The lowest BCUT2D eigenvalue weighted by Gasteiger charge is -2.06. The smallest absolute Gasteiger partial charge is 0.288 e. The highest BCUT2D eigenvalue weighted by atomic mass is 35.5. The fourth-order valence-corrected chi connectivity index (χ4v) is 1.85. The first-order valence-electron chi connectivity index (χ1n) is 6.05. The minimum atomic E-state index is -0.628. The Kier molecular flexibility index (Phi) is 4.78. The summed E-state index contributed by atoms with van der Waals surface area (Å²) in [6, 6.07) is 4.79. The minimum Gasteiger partial charge on any atom is -0.352 e. The SMILES string of the molecule is O=C(NCCc1ccncc1)c1cc([N+](=O)[O-])cnc1Cl. The topological polar surface area (TPSA) is 98.0 Å². The molecule has 1 N–H and O–H groups in total. The maximum absolute atomic E-state index is 12.0. The number of hydrogen-bond donors (Lipinski definition) is 1. The van der Waals surface area contributed by atoms with Gasteiger partial charge in [-0.3, -0.25) is 19.9 Å². The Labute approximate surface area is 125 Å². The number of halogens is 1. The van der Waals surface area contributed by atoms with Gasteiger partial charge in [-0.1, -0.05) is 11.6 Å². The van der Waals surface area contributed by atoms with E-state index in [1.807, 2.05) is 12.1 Å². The Morgan fingerprint density at radius 1 is 1.38 bits per heavy atom. The third kappa shape index (κ3) is 3.96. The largest absolute Gasteiger partial charge is 0.352 e. The van der Waals surface area contributed by atoms with Crippen molar-refractivity contribution in [3.63, 3.8) is 0 Å². The standard InChI is InChI=1S/C13H11ClN4O3/c14-12-11(7-10(8-17-12)18(20)21)13(19)16-6-3-9-1-4-15-5-2-9/h1-2,4-5,7-8H,3,6H2,(H,16,19). The maximum atomic E-state index is 12.0. The van der Waals surface area contributed by atoms with E-state index in [1.54, 1.807) is 12.4 Å². The molecule has 7 nitrogen and oxygen atoms in total. The number of amides is 1. The van der Waals surface area contributed by atoms with Crippen molar-refractivity contribution in [3.8, 4) is 0 Å². The molecule has 0 aromatic carbocycles. The lowest BCUT2D eigenvalue weighted by atomic mass is 10.2. The van der Waals surface area contributed by atoms with Crippen LogP contribution >= 0.6 is 11.6 Å². The van der Waals surface area contributed by atoms with Crippen LogP contribution in [0, 0.1) is 10.1 Å². The van der Waals surface area contributed by atoms with Gasteiger partial charge >= 0.3 is 0 Å². The van der Waals surface area contributed by atoms with Crippen molar-refractivity contribution >= 4 is 23.2 Å². The zero-order valence-corrected chi connectivity index (χ0v) is 11.6. The Bertz CT molecular complexity index is 664. The molecule has 21 heavy (non-hydrogen) atoms. The van der Waals surface area contributed by atoms with Crippen LogP contribution in [0.3, 0.4) is 0 Å². The summed E-state index contributed by atoms with van der Waals surface area (Å²) in [5.41, 5.74) is 0.729. The third-order valence-corrected chi connectivity index (χ3v) is 3.03. The van der Waals surface area contributed by atoms with Gasteiger partial charge in [0, 0.05) is 25.0 Å².